The quantitative estimate of drug-likeness (QED) is 0.496. The number of rotatable bonds is 5. The molecular formula is C12H20O2. The molecule has 0 aliphatic rings. The van der Waals surface area contributed by atoms with Crippen LogP contribution in [0.15, 0.2) is 35.8 Å². The van der Waals surface area contributed by atoms with E-state index in [1.165, 1.54) is 5.57 Å². The van der Waals surface area contributed by atoms with Gasteiger partial charge in [0.1, 0.15) is 0 Å². The SMILES string of the molecule is C=C/C(OC)=C(\C=C(/C)C(C)C)OC. The molecule has 0 fully saturated rings. The van der Waals surface area contributed by atoms with Crippen molar-refractivity contribution in [3.8, 4) is 0 Å². The highest BCUT2D eigenvalue weighted by molar-refractivity contribution is 5.26. The van der Waals surface area contributed by atoms with Crippen LogP contribution in [0.2, 0.25) is 0 Å². The van der Waals surface area contributed by atoms with Crippen LogP contribution in [0.25, 0.3) is 0 Å². The van der Waals surface area contributed by atoms with Gasteiger partial charge in [-0.25, -0.2) is 0 Å². The lowest BCUT2D eigenvalue weighted by molar-refractivity contribution is 0.241. The van der Waals surface area contributed by atoms with E-state index in [2.05, 4.69) is 27.4 Å². The van der Waals surface area contributed by atoms with Crippen molar-refractivity contribution in [1.29, 1.82) is 0 Å². The maximum absolute atomic E-state index is 5.22. The molecule has 0 aromatic carbocycles. The highest BCUT2D eigenvalue weighted by atomic mass is 16.5. The topological polar surface area (TPSA) is 18.5 Å². The molecule has 2 heteroatoms. The molecule has 0 N–H and O–H groups in total. The molecular weight excluding hydrogens is 176 g/mol. The van der Waals surface area contributed by atoms with E-state index < -0.39 is 0 Å². The molecule has 2 nitrogen and oxygen atoms in total. The highest BCUT2D eigenvalue weighted by Gasteiger charge is 2.03. The van der Waals surface area contributed by atoms with Gasteiger partial charge in [0.15, 0.2) is 11.5 Å². The average Bonchev–Trinajstić information content (AvgIpc) is 2.17. The summed E-state index contributed by atoms with van der Waals surface area (Å²) in [5, 5.41) is 0. The van der Waals surface area contributed by atoms with Gasteiger partial charge in [0.25, 0.3) is 0 Å². The Morgan fingerprint density at radius 2 is 1.64 bits per heavy atom. The van der Waals surface area contributed by atoms with Gasteiger partial charge in [0.05, 0.1) is 14.2 Å². The Labute approximate surface area is 86.9 Å². The van der Waals surface area contributed by atoms with E-state index in [9.17, 15) is 0 Å². The Bertz CT molecular complexity index is 247. The van der Waals surface area contributed by atoms with Gasteiger partial charge in [-0.15, -0.1) is 0 Å². The van der Waals surface area contributed by atoms with E-state index >= 15 is 0 Å². The van der Waals surface area contributed by atoms with Crippen LogP contribution in [-0.4, -0.2) is 14.2 Å². The molecule has 0 amide bonds. The third-order valence-electron chi connectivity index (χ3n) is 2.14. The van der Waals surface area contributed by atoms with Crippen molar-refractivity contribution >= 4 is 0 Å². The van der Waals surface area contributed by atoms with Crippen LogP contribution in [0.1, 0.15) is 20.8 Å². The number of methoxy groups -OCH3 is 2. The summed E-state index contributed by atoms with van der Waals surface area (Å²) in [4.78, 5) is 0. The minimum atomic E-state index is 0.503. The summed E-state index contributed by atoms with van der Waals surface area (Å²) in [7, 11) is 3.23. The van der Waals surface area contributed by atoms with E-state index in [-0.39, 0.29) is 0 Å². The minimum Gasteiger partial charge on any atom is -0.493 e. The van der Waals surface area contributed by atoms with Crippen LogP contribution >= 0.6 is 0 Å². The Morgan fingerprint density at radius 3 is 1.93 bits per heavy atom. The summed E-state index contributed by atoms with van der Waals surface area (Å²) in [6, 6.07) is 0. The summed E-state index contributed by atoms with van der Waals surface area (Å²) >= 11 is 0. The van der Waals surface area contributed by atoms with Gasteiger partial charge >= 0.3 is 0 Å². The zero-order valence-electron chi connectivity index (χ0n) is 9.76. The molecule has 0 unspecified atom stereocenters. The van der Waals surface area contributed by atoms with Crippen molar-refractivity contribution in [2.75, 3.05) is 14.2 Å². The van der Waals surface area contributed by atoms with Gasteiger partial charge < -0.3 is 9.47 Å². The molecule has 0 aliphatic heterocycles. The maximum Gasteiger partial charge on any atom is 0.160 e. The molecule has 0 rings (SSSR count). The zero-order chi connectivity index (χ0) is 11.1. The molecule has 0 aromatic rings. The zero-order valence-corrected chi connectivity index (χ0v) is 9.76. The van der Waals surface area contributed by atoms with Gasteiger partial charge in [-0.05, 0) is 25.0 Å². The predicted octanol–water partition coefficient (Wildman–Crippen LogP) is 3.28. The van der Waals surface area contributed by atoms with Crippen LogP contribution in [0.4, 0.5) is 0 Å². The molecule has 0 heterocycles. The van der Waals surface area contributed by atoms with Crippen molar-refractivity contribution in [1.82, 2.24) is 0 Å². The van der Waals surface area contributed by atoms with Crippen LogP contribution in [0.5, 0.6) is 0 Å². The smallest absolute Gasteiger partial charge is 0.160 e. The fraction of sp³-hybridized carbons (Fsp3) is 0.500. The fourth-order valence-corrected chi connectivity index (χ4v) is 0.889. The standard InChI is InChI=1S/C12H20O2/c1-7-11(13-5)12(14-6)8-10(4)9(2)3/h7-9H,1H2,2-6H3/b10-8+,12-11-. The summed E-state index contributed by atoms with van der Waals surface area (Å²) in [6.45, 7) is 10.0. The first-order valence-corrected chi connectivity index (χ1v) is 4.69. The summed E-state index contributed by atoms with van der Waals surface area (Å²) in [5.41, 5.74) is 1.25. The summed E-state index contributed by atoms with van der Waals surface area (Å²) in [5.74, 6) is 1.88. The third-order valence-corrected chi connectivity index (χ3v) is 2.14. The number of allylic oxidation sites excluding steroid dienone is 3. The van der Waals surface area contributed by atoms with Gasteiger partial charge in [0, 0.05) is 0 Å². The molecule has 80 valence electrons. The molecule has 0 bridgehead atoms. The van der Waals surface area contributed by atoms with Gasteiger partial charge in [-0.3, -0.25) is 0 Å². The Hall–Kier alpha value is -1.18. The lowest BCUT2D eigenvalue weighted by Gasteiger charge is -2.10. The Balaban J connectivity index is 4.99. The first-order chi connectivity index (χ1) is 6.56. The molecule has 0 spiro atoms. The van der Waals surface area contributed by atoms with Crippen molar-refractivity contribution in [3.63, 3.8) is 0 Å². The normalized spacial score (nSPS) is 13.7. The second-order valence-corrected chi connectivity index (χ2v) is 3.38. The van der Waals surface area contributed by atoms with Gasteiger partial charge in [0.2, 0.25) is 0 Å². The van der Waals surface area contributed by atoms with Crippen LogP contribution in [0.3, 0.4) is 0 Å². The van der Waals surface area contributed by atoms with E-state index in [4.69, 9.17) is 9.47 Å². The van der Waals surface area contributed by atoms with Gasteiger partial charge in [-0.2, -0.15) is 0 Å². The van der Waals surface area contributed by atoms with Crippen molar-refractivity contribution in [2.24, 2.45) is 5.92 Å². The fourth-order valence-electron chi connectivity index (χ4n) is 0.889. The van der Waals surface area contributed by atoms with Gasteiger partial charge in [-0.1, -0.05) is 26.0 Å². The second kappa shape index (κ2) is 6.30. The predicted molar refractivity (Wildman–Crippen MR) is 59.8 cm³/mol. The largest absolute Gasteiger partial charge is 0.493 e. The summed E-state index contributed by atoms with van der Waals surface area (Å²) < 4.78 is 10.3. The molecule has 0 radical (unpaired) electrons. The van der Waals surface area contributed by atoms with E-state index in [0.717, 1.165) is 0 Å². The Kier molecular flexibility index (Phi) is 5.77. The molecule has 0 saturated heterocycles. The maximum atomic E-state index is 5.22. The average molecular weight is 196 g/mol. The van der Waals surface area contributed by atoms with Crippen LogP contribution < -0.4 is 0 Å². The van der Waals surface area contributed by atoms with Crippen LogP contribution in [-0.2, 0) is 9.47 Å². The number of hydrogen-bond acceptors (Lipinski definition) is 2. The molecule has 0 atom stereocenters. The minimum absolute atomic E-state index is 0.503. The lowest BCUT2D eigenvalue weighted by Crippen LogP contribution is -1.96. The van der Waals surface area contributed by atoms with E-state index in [1.54, 1.807) is 20.3 Å². The molecule has 0 saturated carbocycles. The number of ether oxygens (including phenoxy) is 2. The van der Waals surface area contributed by atoms with Crippen molar-refractivity contribution in [3.05, 3.63) is 35.8 Å². The molecule has 0 aliphatic carbocycles. The second-order valence-electron chi connectivity index (χ2n) is 3.38. The first kappa shape index (κ1) is 12.8. The third kappa shape index (κ3) is 3.69. The van der Waals surface area contributed by atoms with E-state index in [0.29, 0.717) is 17.4 Å². The van der Waals surface area contributed by atoms with Crippen LogP contribution in [0, 0.1) is 5.92 Å². The van der Waals surface area contributed by atoms with Crippen molar-refractivity contribution < 1.29 is 9.47 Å². The van der Waals surface area contributed by atoms with Crippen molar-refractivity contribution in [2.45, 2.75) is 20.8 Å². The first-order valence-electron chi connectivity index (χ1n) is 4.69. The number of hydrogen-bond donors (Lipinski definition) is 0. The molecule has 0 aromatic heterocycles. The summed E-state index contributed by atoms with van der Waals surface area (Å²) in [6.07, 6.45) is 3.62. The molecule has 14 heavy (non-hydrogen) atoms. The lowest BCUT2D eigenvalue weighted by atomic mass is 10.0. The highest BCUT2D eigenvalue weighted by Crippen LogP contribution is 2.15. The monoisotopic (exact) mass is 196 g/mol. The van der Waals surface area contributed by atoms with E-state index in [1.807, 2.05) is 6.08 Å². The Morgan fingerprint density at radius 1 is 1.14 bits per heavy atom.